The van der Waals surface area contributed by atoms with Crippen LogP contribution in [0.4, 0.5) is 0 Å². The molecule has 2 nitrogen and oxygen atoms in total. The molecule has 0 amide bonds. The second-order valence-electron chi connectivity index (χ2n) is 18.1. The molecule has 13 rings (SSSR count). The molecule has 0 saturated heterocycles. The first-order valence-electron chi connectivity index (χ1n) is 23.8. The fourth-order valence-electron chi connectivity index (χ4n) is 11.1. The molecule has 3 heteroatoms. The maximum Gasteiger partial charge on any atom is 0.179 e. The standard InChI is InChI=1S/C66H46N2Si/c1-5-20-53(21-6-1)67-63-30-15-13-28-59(63)61-45-51(36-42-65(61)67)52-37-43-66-62(46-52)60-29-14-16-31-64(60)68(66)54-38-32-47(33-39-54)49-18-17-19-50(44-49)48-34-40-58(41-35-48)69(55-22-7-2-8-23-55,56-24-9-3-10-25-56)57-26-11-4-12-27-57/h1-46H. The molecule has 0 N–H and O–H groups in total. The fraction of sp³-hybridized carbons (Fsp3) is 0. The molecule has 0 aliphatic heterocycles. The molecular formula is C66H46N2Si. The van der Waals surface area contributed by atoms with E-state index >= 15 is 0 Å². The molecule has 0 bridgehead atoms. The minimum absolute atomic E-state index is 1.14. The number of nitrogens with zero attached hydrogens (tertiary/aromatic N) is 2. The van der Waals surface area contributed by atoms with E-state index in [0.29, 0.717) is 0 Å². The van der Waals surface area contributed by atoms with Crippen molar-refractivity contribution in [3.05, 3.63) is 279 Å². The molecule has 0 fully saturated rings. The molecule has 0 spiro atoms. The van der Waals surface area contributed by atoms with E-state index in [1.807, 2.05) is 0 Å². The zero-order chi connectivity index (χ0) is 45.7. The second kappa shape index (κ2) is 16.8. The van der Waals surface area contributed by atoms with E-state index in [4.69, 9.17) is 0 Å². The molecule has 13 aromatic rings. The van der Waals surface area contributed by atoms with Crippen molar-refractivity contribution in [2.75, 3.05) is 0 Å². The zero-order valence-corrected chi connectivity index (χ0v) is 39.0. The lowest BCUT2D eigenvalue weighted by Crippen LogP contribution is -2.74. The minimum Gasteiger partial charge on any atom is -0.309 e. The van der Waals surface area contributed by atoms with Crippen LogP contribution in [0, 0.1) is 0 Å². The third-order valence-electron chi connectivity index (χ3n) is 14.3. The van der Waals surface area contributed by atoms with Gasteiger partial charge in [-0.25, -0.2) is 0 Å². The minimum atomic E-state index is -2.60. The van der Waals surface area contributed by atoms with Gasteiger partial charge in [0.15, 0.2) is 8.07 Å². The Balaban J connectivity index is 0.836. The summed E-state index contributed by atoms with van der Waals surface area (Å²) in [5.74, 6) is 0. The van der Waals surface area contributed by atoms with Crippen LogP contribution < -0.4 is 20.7 Å². The maximum absolute atomic E-state index is 2.60. The van der Waals surface area contributed by atoms with E-state index in [1.165, 1.54) is 103 Å². The summed E-state index contributed by atoms with van der Waals surface area (Å²) in [6, 6.07) is 103. The van der Waals surface area contributed by atoms with Crippen LogP contribution in [0.2, 0.25) is 0 Å². The monoisotopic (exact) mass is 894 g/mol. The van der Waals surface area contributed by atoms with Crippen molar-refractivity contribution in [2.24, 2.45) is 0 Å². The summed E-state index contributed by atoms with van der Waals surface area (Å²) >= 11 is 0. The summed E-state index contributed by atoms with van der Waals surface area (Å²) in [5, 5.41) is 10.5. The third-order valence-corrected chi connectivity index (χ3v) is 19.1. The molecule has 0 unspecified atom stereocenters. The average molecular weight is 895 g/mol. The largest absolute Gasteiger partial charge is 0.309 e. The van der Waals surface area contributed by atoms with E-state index in [2.05, 4.69) is 288 Å². The predicted octanol–water partition coefficient (Wildman–Crippen LogP) is 14.3. The topological polar surface area (TPSA) is 9.86 Å². The lowest BCUT2D eigenvalue weighted by molar-refractivity contribution is 1.18. The van der Waals surface area contributed by atoms with Gasteiger partial charge in [-0.05, 0) is 121 Å². The normalized spacial score (nSPS) is 11.8. The molecular weight excluding hydrogens is 849 g/mol. The lowest BCUT2D eigenvalue weighted by atomic mass is 9.99. The van der Waals surface area contributed by atoms with Gasteiger partial charge in [-0.3, -0.25) is 0 Å². The summed E-state index contributed by atoms with van der Waals surface area (Å²) in [6.07, 6.45) is 0. The van der Waals surface area contributed by atoms with Gasteiger partial charge in [0.05, 0.1) is 22.1 Å². The Labute approximate surface area is 403 Å². The highest BCUT2D eigenvalue weighted by molar-refractivity contribution is 7.19. The van der Waals surface area contributed by atoms with Crippen molar-refractivity contribution < 1.29 is 0 Å². The van der Waals surface area contributed by atoms with E-state index in [1.54, 1.807) is 0 Å². The molecule has 0 aliphatic carbocycles. The van der Waals surface area contributed by atoms with E-state index in [0.717, 1.165) is 5.69 Å². The summed E-state index contributed by atoms with van der Waals surface area (Å²) < 4.78 is 4.79. The Kier molecular flexibility index (Phi) is 9.88. The van der Waals surface area contributed by atoms with Gasteiger partial charge < -0.3 is 9.13 Å². The molecule has 0 aliphatic rings. The number of hydrogen-bond donors (Lipinski definition) is 0. The van der Waals surface area contributed by atoms with Gasteiger partial charge in [0, 0.05) is 32.9 Å². The van der Waals surface area contributed by atoms with Crippen LogP contribution in [0.25, 0.3) is 88.4 Å². The Morgan fingerprint density at radius 2 is 0.536 bits per heavy atom. The molecule has 0 radical (unpaired) electrons. The van der Waals surface area contributed by atoms with Gasteiger partial charge in [-0.2, -0.15) is 0 Å². The van der Waals surface area contributed by atoms with Crippen molar-refractivity contribution in [1.82, 2.24) is 9.13 Å². The zero-order valence-electron chi connectivity index (χ0n) is 38.0. The molecule has 69 heavy (non-hydrogen) atoms. The van der Waals surface area contributed by atoms with Crippen LogP contribution in [0.15, 0.2) is 279 Å². The Morgan fingerprint density at radius 3 is 1.00 bits per heavy atom. The van der Waals surface area contributed by atoms with Gasteiger partial charge in [-0.15, -0.1) is 0 Å². The first-order chi connectivity index (χ1) is 34.2. The number of hydrogen-bond acceptors (Lipinski definition) is 0. The van der Waals surface area contributed by atoms with Gasteiger partial charge >= 0.3 is 0 Å². The van der Waals surface area contributed by atoms with Crippen LogP contribution in [0.3, 0.4) is 0 Å². The summed E-state index contributed by atoms with van der Waals surface area (Å²) in [6.45, 7) is 0. The van der Waals surface area contributed by atoms with Crippen molar-refractivity contribution in [1.29, 1.82) is 0 Å². The predicted molar refractivity (Wildman–Crippen MR) is 295 cm³/mol. The SMILES string of the molecule is c1ccc(-n2c3ccccc3c3cc(-c4ccc5c(c4)c4ccccc4n5-c4ccc(-c5cccc(-c6ccc([Si](c7ccccc7)(c7ccccc7)c7ccccc7)cc6)c5)cc4)ccc32)cc1. The molecule has 2 aromatic heterocycles. The van der Waals surface area contributed by atoms with E-state index in [9.17, 15) is 0 Å². The smallest absolute Gasteiger partial charge is 0.179 e. The van der Waals surface area contributed by atoms with Gasteiger partial charge in [-0.1, -0.05) is 212 Å². The average Bonchev–Trinajstić information content (AvgIpc) is 3.95. The van der Waals surface area contributed by atoms with Crippen LogP contribution in [-0.2, 0) is 0 Å². The summed E-state index contributed by atoms with van der Waals surface area (Å²) in [5.41, 5.74) is 14.3. The highest BCUT2D eigenvalue weighted by Crippen LogP contribution is 2.39. The van der Waals surface area contributed by atoms with Gasteiger partial charge in [0.25, 0.3) is 0 Å². The maximum atomic E-state index is 2.41. The van der Waals surface area contributed by atoms with Crippen LogP contribution in [0.5, 0.6) is 0 Å². The van der Waals surface area contributed by atoms with Crippen LogP contribution in [0.1, 0.15) is 0 Å². The molecule has 0 saturated carbocycles. The number of rotatable bonds is 9. The highest BCUT2D eigenvalue weighted by Gasteiger charge is 2.41. The van der Waals surface area contributed by atoms with Crippen molar-refractivity contribution in [2.45, 2.75) is 0 Å². The van der Waals surface area contributed by atoms with E-state index < -0.39 is 8.07 Å². The Morgan fingerprint density at radius 1 is 0.203 bits per heavy atom. The summed E-state index contributed by atoms with van der Waals surface area (Å²) in [4.78, 5) is 0. The number of benzene rings is 11. The lowest BCUT2D eigenvalue weighted by Gasteiger charge is -2.34. The van der Waals surface area contributed by atoms with Crippen LogP contribution >= 0.6 is 0 Å². The first-order valence-corrected chi connectivity index (χ1v) is 25.8. The van der Waals surface area contributed by atoms with Crippen molar-refractivity contribution >= 4 is 72.4 Å². The van der Waals surface area contributed by atoms with Crippen molar-refractivity contribution in [3.8, 4) is 44.8 Å². The Bertz CT molecular complexity index is 3870. The fourth-order valence-corrected chi connectivity index (χ4v) is 15.8. The first kappa shape index (κ1) is 40.5. The quantitative estimate of drug-likeness (QED) is 0.101. The van der Waals surface area contributed by atoms with E-state index in [-0.39, 0.29) is 0 Å². The molecule has 11 aromatic carbocycles. The van der Waals surface area contributed by atoms with Crippen LogP contribution in [-0.4, -0.2) is 17.2 Å². The molecule has 324 valence electrons. The molecule has 0 atom stereocenters. The number of para-hydroxylation sites is 3. The third kappa shape index (κ3) is 6.78. The van der Waals surface area contributed by atoms with Gasteiger partial charge in [0.2, 0.25) is 0 Å². The highest BCUT2D eigenvalue weighted by atomic mass is 28.3. The van der Waals surface area contributed by atoms with Crippen molar-refractivity contribution in [3.63, 3.8) is 0 Å². The second-order valence-corrected chi connectivity index (χ2v) is 21.9. The summed E-state index contributed by atoms with van der Waals surface area (Å²) in [7, 11) is -2.60. The number of fused-ring (bicyclic) bond motifs is 6. The Hall–Kier alpha value is -8.76. The molecule has 2 heterocycles. The number of aromatic nitrogens is 2. The van der Waals surface area contributed by atoms with Gasteiger partial charge in [0.1, 0.15) is 0 Å².